The molecular weight excluding hydrogens is 937 g/mol. The first kappa shape index (κ1) is 47.4. The van der Waals surface area contributed by atoms with E-state index < -0.39 is 17.3 Å². The zero-order valence-electron chi connectivity index (χ0n) is 40.8. The van der Waals surface area contributed by atoms with Crippen LogP contribution in [0.2, 0.25) is 0 Å². The summed E-state index contributed by atoms with van der Waals surface area (Å²) < 4.78 is 19.1. The number of aliphatic hydroxyl groups is 1. The largest absolute Gasteiger partial charge is 0.508 e. The minimum atomic E-state index is -1.90. The number of aromatic nitrogens is 6. The minimum Gasteiger partial charge on any atom is -0.508 e. The Hall–Kier alpha value is -6.89. The zero-order chi connectivity index (χ0) is 50.2. The molecule has 4 N–H and O–H groups in total. The Bertz CT molecular complexity index is 3430. The van der Waals surface area contributed by atoms with Crippen LogP contribution >= 0.6 is 11.9 Å². The van der Waals surface area contributed by atoms with Crippen LogP contribution in [0.4, 0.5) is 4.79 Å². The van der Waals surface area contributed by atoms with Crippen LogP contribution < -0.4 is 16.0 Å². The number of aromatic amines is 1. The molecule has 7 aromatic rings. The topological polar surface area (TPSA) is 210 Å². The van der Waals surface area contributed by atoms with Gasteiger partial charge in [-0.15, -0.1) is 0 Å². The number of nitrogens with one attached hydrogen (secondary N) is 1. The number of ether oxygens (including phenoxy) is 2. The van der Waals surface area contributed by atoms with Gasteiger partial charge in [-0.05, 0) is 123 Å². The summed E-state index contributed by atoms with van der Waals surface area (Å²) >= 11 is 1.93. The van der Waals surface area contributed by atoms with Crippen LogP contribution in [0.1, 0.15) is 100.0 Å². The normalized spacial score (nSPS) is 18.5. The summed E-state index contributed by atoms with van der Waals surface area (Å²) in [5.41, 5.74) is 4.43. The van der Waals surface area contributed by atoms with Crippen molar-refractivity contribution in [2.45, 2.75) is 109 Å². The molecule has 72 heavy (non-hydrogen) atoms. The van der Waals surface area contributed by atoms with Gasteiger partial charge in [0, 0.05) is 77.7 Å². The van der Waals surface area contributed by atoms with Crippen molar-refractivity contribution in [3.63, 3.8) is 0 Å². The van der Waals surface area contributed by atoms with E-state index in [1.807, 2.05) is 63.1 Å². The monoisotopic (exact) mass is 994 g/mol. The van der Waals surface area contributed by atoms with Crippen LogP contribution in [-0.2, 0) is 41.2 Å². The number of esters is 1. The highest BCUT2D eigenvalue weighted by Crippen LogP contribution is 2.42. The predicted octanol–water partition coefficient (Wildman–Crippen LogP) is 8.09. The van der Waals surface area contributed by atoms with Gasteiger partial charge in [-0.1, -0.05) is 39.6 Å². The van der Waals surface area contributed by atoms with Gasteiger partial charge in [-0.3, -0.25) is 9.10 Å². The molecule has 1 atom stereocenters. The summed E-state index contributed by atoms with van der Waals surface area (Å²) in [7, 11) is 0. The Balaban J connectivity index is 0.671. The molecule has 0 saturated carbocycles. The van der Waals surface area contributed by atoms with Gasteiger partial charge < -0.3 is 38.8 Å². The van der Waals surface area contributed by atoms with E-state index in [-0.39, 0.29) is 59.0 Å². The number of hydrogen-bond acceptors (Lipinski definition) is 13. The third kappa shape index (κ3) is 8.22. The molecule has 2 fully saturated rings. The molecular formula is C54H58N8O9S. The number of cyclic esters (lactones) is 1. The summed E-state index contributed by atoms with van der Waals surface area (Å²) in [6.07, 6.45) is 7.50. The number of pyridine rings is 2. The summed E-state index contributed by atoms with van der Waals surface area (Å²) in [5.74, 6) is 0.376. The van der Waals surface area contributed by atoms with E-state index in [1.165, 1.54) is 10.6 Å². The Morgan fingerprint density at radius 2 is 1.74 bits per heavy atom. The molecule has 4 aliphatic rings. The average Bonchev–Trinajstić information content (AvgIpc) is 4.09. The third-order valence-corrected chi connectivity index (χ3v) is 16.8. The lowest BCUT2D eigenvalue weighted by Gasteiger charge is -2.36. The Morgan fingerprint density at radius 3 is 2.49 bits per heavy atom. The number of likely N-dealkylation sites (tertiary alicyclic amines) is 1. The van der Waals surface area contributed by atoms with Gasteiger partial charge >= 0.3 is 17.8 Å². The lowest BCUT2D eigenvalue weighted by atomic mass is 9.86. The fourth-order valence-corrected chi connectivity index (χ4v) is 12.5. The molecule has 4 aromatic heterocycles. The molecule has 1 amide bonds. The molecule has 4 aliphatic heterocycles. The number of phenolic OH excluding ortho intramolecular Hbond substituents is 2. The molecule has 0 bridgehead atoms. The van der Waals surface area contributed by atoms with Gasteiger partial charge in [-0.2, -0.15) is 5.10 Å². The number of rotatable bonds is 11. The van der Waals surface area contributed by atoms with Crippen LogP contribution in [0, 0.1) is 5.92 Å². The van der Waals surface area contributed by atoms with Crippen molar-refractivity contribution in [1.82, 2.24) is 38.1 Å². The van der Waals surface area contributed by atoms with E-state index in [2.05, 4.69) is 31.3 Å². The summed E-state index contributed by atoms with van der Waals surface area (Å²) in [5, 5.41) is 41.5. The lowest BCUT2D eigenvalue weighted by molar-refractivity contribution is -0.172. The van der Waals surface area contributed by atoms with Crippen molar-refractivity contribution in [3.8, 4) is 45.7 Å². The maximum absolute atomic E-state index is 13.8. The SMILES string of the molecule is CCc1c2c(nc3ccc(OC(=O)N4CCC(SN5CCC(CCn6ccc7cc(-n8c(-c9cc(C(C)C)c(O)cc9O)n[nH]c8=O)ccc76)CC5)CC4)cc13)-c1cc3c(c(=O)n1C2)COC(=O)C3(O)CC. The number of fused-ring (bicyclic) bond motifs is 6. The van der Waals surface area contributed by atoms with Gasteiger partial charge in [0.05, 0.1) is 40.3 Å². The van der Waals surface area contributed by atoms with Crippen LogP contribution in [0.3, 0.4) is 0 Å². The molecule has 0 radical (unpaired) electrons. The van der Waals surface area contributed by atoms with Gasteiger partial charge in [0.25, 0.3) is 5.56 Å². The molecule has 0 spiro atoms. The maximum Gasteiger partial charge on any atom is 0.415 e. The van der Waals surface area contributed by atoms with E-state index in [4.69, 9.17) is 14.5 Å². The fourth-order valence-electron chi connectivity index (χ4n) is 11.2. The molecule has 0 aliphatic carbocycles. The van der Waals surface area contributed by atoms with Crippen molar-refractivity contribution < 1.29 is 34.4 Å². The molecule has 3 aromatic carbocycles. The summed E-state index contributed by atoms with van der Waals surface area (Å²) in [6, 6.07) is 18.1. The van der Waals surface area contributed by atoms with Crippen molar-refractivity contribution >= 4 is 45.8 Å². The number of aryl methyl sites for hydroxylation is 2. The van der Waals surface area contributed by atoms with Crippen molar-refractivity contribution in [1.29, 1.82) is 0 Å². The van der Waals surface area contributed by atoms with Gasteiger partial charge in [-0.25, -0.2) is 29.0 Å². The Morgan fingerprint density at radius 1 is 0.944 bits per heavy atom. The van der Waals surface area contributed by atoms with E-state index in [1.54, 1.807) is 34.6 Å². The van der Waals surface area contributed by atoms with E-state index >= 15 is 0 Å². The second kappa shape index (κ2) is 18.6. The fraction of sp³-hybridized carbons (Fsp3) is 0.407. The van der Waals surface area contributed by atoms with Crippen LogP contribution in [0.25, 0.3) is 50.3 Å². The first-order valence-corrected chi connectivity index (χ1v) is 25.9. The van der Waals surface area contributed by atoms with E-state index in [9.17, 15) is 34.5 Å². The minimum absolute atomic E-state index is 0.00323. The predicted molar refractivity (Wildman–Crippen MR) is 274 cm³/mol. The second-order valence-electron chi connectivity index (χ2n) is 19.9. The molecule has 18 heteroatoms. The van der Waals surface area contributed by atoms with Gasteiger partial charge in [0.15, 0.2) is 11.4 Å². The molecule has 17 nitrogen and oxygen atoms in total. The summed E-state index contributed by atoms with van der Waals surface area (Å²) in [4.78, 5) is 59.8. The average molecular weight is 995 g/mol. The standard InChI is InChI=1S/C54H58N8O9S/c1-5-36-38-24-34(8-9-43(38)55-48-40(36)28-61-45(48)26-42-41(50(61)65)29-70-51(66)54(42,69)6-2)71-53(68)59-19-15-35(16-20-59)72-60-21-12-31(13-22-60)11-17-58-18-14-32-23-33(7-10-44(32)58)62-49(56-57-52(62)67)39-25-37(30(3)4)46(63)27-47(39)64/h7-10,14,18,23-27,30-31,35,63-64,69H,5-6,11-13,15-17,19-22,28-29H2,1-4H3,(H,57,67). The van der Waals surface area contributed by atoms with Crippen LogP contribution in [-0.4, -0.2) is 96.9 Å². The molecule has 1 unspecified atom stereocenters. The highest BCUT2D eigenvalue weighted by molar-refractivity contribution is 7.97. The number of piperidine rings is 2. The number of benzene rings is 3. The lowest BCUT2D eigenvalue weighted by Crippen LogP contribution is -2.44. The van der Waals surface area contributed by atoms with Gasteiger partial charge in [0.2, 0.25) is 0 Å². The van der Waals surface area contributed by atoms with Crippen LogP contribution in [0.15, 0.2) is 76.4 Å². The number of nitrogens with zero attached hydrogens (tertiary/aromatic N) is 7. The third-order valence-electron chi connectivity index (χ3n) is 15.4. The molecule has 2 saturated heterocycles. The number of carbonyl (C=O) groups is 2. The highest BCUT2D eigenvalue weighted by atomic mass is 32.2. The van der Waals surface area contributed by atoms with Gasteiger partial charge in [0.1, 0.15) is 23.9 Å². The van der Waals surface area contributed by atoms with E-state index in [0.717, 1.165) is 79.2 Å². The first-order chi connectivity index (χ1) is 34.7. The number of phenols is 2. The quantitative estimate of drug-likeness (QED) is 0.0714. The zero-order valence-corrected chi connectivity index (χ0v) is 41.6. The molecule has 8 heterocycles. The van der Waals surface area contributed by atoms with E-state index in [0.29, 0.717) is 76.7 Å². The Labute approximate surface area is 419 Å². The highest BCUT2D eigenvalue weighted by Gasteiger charge is 2.45. The van der Waals surface area contributed by atoms with Crippen molar-refractivity contribution in [3.05, 3.63) is 116 Å². The first-order valence-electron chi connectivity index (χ1n) is 25.1. The maximum atomic E-state index is 13.8. The number of H-pyrrole nitrogens is 1. The number of amides is 1. The number of aromatic hydroxyl groups is 2. The molecule has 374 valence electrons. The smallest absolute Gasteiger partial charge is 0.415 e. The van der Waals surface area contributed by atoms with Crippen molar-refractivity contribution in [2.24, 2.45) is 5.92 Å². The Kier molecular flexibility index (Phi) is 12.3. The number of carbonyl (C=O) groups excluding carboxylic acids is 2. The summed E-state index contributed by atoms with van der Waals surface area (Å²) in [6.45, 7) is 11.9. The van der Waals surface area contributed by atoms with Crippen LogP contribution in [0.5, 0.6) is 17.2 Å². The number of hydrogen-bond donors (Lipinski definition) is 4. The molecule has 11 rings (SSSR count). The van der Waals surface area contributed by atoms with Crippen molar-refractivity contribution in [2.75, 3.05) is 26.2 Å². The second-order valence-corrected chi connectivity index (χ2v) is 21.3.